The van der Waals surface area contributed by atoms with E-state index < -0.39 is 5.54 Å². The number of carbonyl (C=O) groups excluding carboxylic acids is 2. The van der Waals surface area contributed by atoms with Gasteiger partial charge in [-0.25, -0.2) is 0 Å². The van der Waals surface area contributed by atoms with Crippen LogP contribution in [0.15, 0.2) is 54.6 Å². The first kappa shape index (κ1) is 22.0. The maximum atomic E-state index is 13.8. The van der Waals surface area contributed by atoms with E-state index in [-0.39, 0.29) is 17.9 Å². The van der Waals surface area contributed by atoms with Gasteiger partial charge >= 0.3 is 0 Å². The van der Waals surface area contributed by atoms with Crippen LogP contribution in [0.3, 0.4) is 0 Å². The van der Waals surface area contributed by atoms with Gasteiger partial charge in [0.05, 0.1) is 6.54 Å². The Kier molecular flexibility index (Phi) is 5.92. The van der Waals surface area contributed by atoms with Crippen LogP contribution in [0.4, 0.5) is 0 Å². The Labute approximate surface area is 199 Å². The average molecular weight is 464 g/mol. The molecular weight excluding hydrogens is 434 g/mol. The number of nitrogens with one attached hydrogen (secondary N) is 1. The fourth-order valence-electron chi connectivity index (χ4n) is 5.34. The zero-order valence-corrected chi connectivity index (χ0v) is 19.8. The van der Waals surface area contributed by atoms with E-state index in [1.165, 1.54) is 12.8 Å². The first-order chi connectivity index (χ1) is 16.0. The van der Waals surface area contributed by atoms with Crippen molar-refractivity contribution in [3.63, 3.8) is 0 Å². The van der Waals surface area contributed by atoms with E-state index in [4.69, 9.17) is 11.6 Å². The second kappa shape index (κ2) is 8.86. The molecule has 1 saturated carbocycles. The highest BCUT2D eigenvalue weighted by Gasteiger charge is 2.48. The average Bonchev–Trinajstić information content (AvgIpc) is 2.97. The molecule has 1 aromatic heterocycles. The minimum Gasteiger partial charge on any atom is -0.351 e. The maximum absolute atomic E-state index is 13.8. The first-order valence-electron chi connectivity index (χ1n) is 11.9. The van der Waals surface area contributed by atoms with Crippen LogP contribution in [0, 0.1) is 0 Å². The molecule has 0 unspecified atom stereocenters. The number of nitrogens with zero attached hydrogens (tertiary/aromatic N) is 2. The molecule has 1 aliphatic carbocycles. The number of amides is 2. The summed E-state index contributed by atoms with van der Waals surface area (Å²) >= 11 is 6.22. The third kappa shape index (κ3) is 4.15. The molecule has 1 atom stereocenters. The van der Waals surface area contributed by atoms with Crippen molar-refractivity contribution in [1.29, 1.82) is 0 Å². The molecule has 6 heteroatoms. The van der Waals surface area contributed by atoms with Crippen LogP contribution in [0.25, 0.3) is 10.9 Å². The third-order valence-corrected chi connectivity index (χ3v) is 7.48. The van der Waals surface area contributed by atoms with Crippen LogP contribution in [-0.4, -0.2) is 32.9 Å². The molecule has 0 radical (unpaired) electrons. The van der Waals surface area contributed by atoms with E-state index in [0.29, 0.717) is 23.8 Å². The molecule has 5 nitrogen and oxygen atoms in total. The molecule has 0 bridgehead atoms. The quantitative estimate of drug-likeness (QED) is 0.516. The Morgan fingerprint density at radius 2 is 1.82 bits per heavy atom. The fourth-order valence-corrected chi connectivity index (χ4v) is 5.55. The third-order valence-electron chi connectivity index (χ3n) is 7.25. The first-order valence-corrected chi connectivity index (χ1v) is 12.3. The Hall–Kier alpha value is -2.79. The molecule has 2 heterocycles. The zero-order chi connectivity index (χ0) is 23.0. The Bertz CT molecular complexity index is 1200. The molecule has 2 aromatic carbocycles. The van der Waals surface area contributed by atoms with Crippen LogP contribution in [0.5, 0.6) is 0 Å². The summed E-state index contributed by atoms with van der Waals surface area (Å²) in [5, 5.41) is 4.95. The SMILES string of the molecule is C[C@@]1(C(=O)NC2CCCCCC2)Cn2c(cc3ccccc32)C(=O)N1Cc1cccc(Cl)c1. The number of halogens is 1. The van der Waals surface area contributed by atoms with Crippen LogP contribution in [0.2, 0.25) is 5.02 Å². The van der Waals surface area contributed by atoms with Gasteiger partial charge in [0.1, 0.15) is 11.2 Å². The topological polar surface area (TPSA) is 54.3 Å². The number of hydrogen-bond acceptors (Lipinski definition) is 2. The Morgan fingerprint density at radius 1 is 1.06 bits per heavy atom. The molecule has 1 N–H and O–H groups in total. The van der Waals surface area contributed by atoms with Crippen molar-refractivity contribution in [2.75, 3.05) is 0 Å². The van der Waals surface area contributed by atoms with Crippen molar-refractivity contribution in [2.24, 2.45) is 0 Å². The zero-order valence-electron chi connectivity index (χ0n) is 19.0. The van der Waals surface area contributed by atoms with Crippen molar-refractivity contribution in [3.05, 3.63) is 70.9 Å². The predicted molar refractivity (Wildman–Crippen MR) is 131 cm³/mol. The second-order valence-electron chi connectivity index (χ2n) is 9.63. The summed E-state index contributed by atoms with van der Waals surface area (Å²) < 4.78 is 2.01. The summed E-state index contributed by atoms with van der Waals surface area (Å²) in [6.45, 7) is 2.65. The molecule has 172 valence electrons. The van der Waals surface area contributed by atoms with Crippen LogP contribution >= 0.6 is 11.6 Å². The maximum Gasteiger partial charge on any atom is 0.271 e. The van der Waals surface area contributed by atoms with E-state index in [1.807, 2.05) is 66.1 Å². The van der Waals surface area contributed by atoms with Gasteiger partial charge in [-0.05, 0) is 49.6 Å². The molecule has 0 saturated heterocycles. The number of hydrogen-bond donors (Lipinski definition) is 1. The number of benzene rings is 2. The summed E-state index contributed by atoms with van der Waals surface area (Å²) in [6, 6.07) is 17.6. The van der Waals surface area contributed by atoms with Gasteiger partial charge in [0.2, 0.25) is 5.91 Å². The lowest BCUT2D eigenvalue weighted by Crippen LogP contribution is -2.64. The number of aromatic nitrogens is 1. The van der Waals surface area contributed by atoms with Crippen LogP contribution < -0.4 is 5.32 Å². The number of fused-ring (bicyclic) bond motifs is 3. The number of para-hydroxylation sites is 1. The summed E-state index contributed by atoms with van der Waals surface area (Å²) in [6.07, 6.45) is 6.73. The highest BCUT2D eigenvalue weighted by molar-refractivity contribution is 6.30. The lowest BCUT2D eigenvalue weighted by atomic mass is 9.93. The van der Waals surface area contributed by atoms with Gasteiger partial charge in [-0.15, -0.1) is 0 Å². The van der Waals surface area contributed by atoms with Crippen molar-refractivity contribution in [3.8, 4) is 0 Å². The van der Waals surface area contributed by atoms with Gasteiger partial charge in [0.15, 0.2) is 0 Å². The van der Waals surface area contributed by atoms with Gasteiger partial charge in [-0.1, -0.05) is 67.6 Å². The molecule has 33 heavy (non-hydrogen) atoms. The van der Waals surface area contributed by atoms with Gasteiger partial charge in [0.25, 0.3) is 5.91 Å². The Morgan fingerprint density at radius 3 is 2.58 bits per heavy atom. The van der Waals surface area contributed by atoms with Gasteiger partial charge in [0, 0.05) is 28.5 Å². The van der Waals surface area contributed by atoms with Crippen molar-refractivity contribution >= 4 is 34.3 Å². The van der Waals surface area contributed by atoms with E-state index in [1.54, 1.807) is 4.90 Å². The standard InChI is InChI=1S/C27H30ClN3O2/c1-27(26(33)29-22-12-4-2-3-5-13-22)18-30-23-14-7-6-10-20(23)16-24(30)25(32)31(27)17-19-9-8-11-21(28)15-19/h6-11,14-16,22H,2-5,12-13,17-18H2,1H3,(H,29,33)/t27-/m0/s1. The minimum atomic E-state index is -1.01. The molecule has 1 fully saturated rings. The molecule has 2 aliphatic rings. The number of rotatable bonds is 4. The lowest BCUT2D eigenvalue weighted by Gasteiger charge is -2.44. The molecule has 5 rings (SSSR count). The predicted octanol–water partition coefficient (Wildman–Crippen LogP) is 5.55. The Balaban J connectivity index is 1.54. The smallest absolute Gasteiger partial charge is 0.271 e. The van der Waals surface area contributed by atoms with Crippen molar-refractivity contribution < 1.29 is 9.59 Å². The largest absolute Gasteiger partial charge is 0.351 e. The molecule has 3 aromatic rings. The second-order valence-corrected chi connectivity index (χ2v) is 10.1. The highest BCUT2D eigenvalue weighted by Crippen LogP contribution is 2.34. The van der Waals surface area contributed by atoms with E-state index in [9.17, 15) is 9.59 Å². The molecular formula is C27H30ClN3O2. The summed E-state index contributed by atoms with van der Waals surface area (Å²) in [7, 11) is 0. The fraction of sp³-hybridized carbons (Fsp3) is 0.407. The highest BCUT2D eigenvalue weighted by atomic mass is 35.5. The van der Waals surface area contributed by atoms with Crippen molar-refractivity contribution in [1.82, 2.24) is 14.8 Å². The summed E-state index contributed by atoms with van der Waals surface area (Å²) in [5.41, 5.74) is 1.50. The van der Waals surface area contributed by atoms with Crippen LogP contribution in [0.1, 0.15) is 61.5 Å². The summed E-state index contributed by atoms with van der Waals surface area (Å²) in [4.78, 5) is 29.4. The van der Waals surface area contributed by atoms with Gasteiger partial charge in [-0.2, -0.15) is 0 Å². The monoisotopic (exact) mass is 463 g/mol. The summed E-state index contributed by atoms with van der Waals surface area (Å²) in [5.74, 6) is -0.204. The minimum absolute atomic E-state index is 0.0757. The molecule has 1 aliphatic heterocycles. The van der Waals surface area contributed by atoms with E-state index in [0.717, 1.165) is 42.1 Å². The van der Waals surface area contributed by atoms with Gasteiger partial charge in [-0.3, -0.25) is 9.59 Å². The van der Waals surface area contributed by atoms with Gasteiger partial charge < -0.3 is 14.8 Å². The number of carbonyl (C=O) groups is 2. The van der Waals surface area contributed by atoms with Crippen LogP contribution in [-0.2, 0) is 17.9 Å². The van der Waals surface area contributed by atoms with E-state index in [2.05, 4.69) is 5.32 Å². The molecule has 0 spiro atoms. The normalized spacial score (nSPS) is 21.6. The lowest BCUT2D eigenvalue weighted by molar-refractivity contribution is -0.134. The molecule has 2 amide bonds. The van der Waals surface area contributed by atoms with E-state index >= 15 is 0 Å². The van der Waals surface area contributed by atoms with Crippen molar-refractivity contribution in [2.45, 2.75) is 70.1 Å².